The second kappa shape index (κ2) is 4.69. The van der Waals surface area contributed by atoms with Crippen LogP contribution in [0.3, 0.4) is 0 Å². The standard InChI is InChI=1S/C6H8BrF3O2/c1-2-12-5(11)4(7)3-6(8,9)10/h4H,2-3H2,1H3/t4-/m1/s1. The number of carbonyl (C=O) groups excluding carboxylic acids is 1. The summed E-state index contributed by atoms with van der Waals surface area (Å²) in [6.07, 6.45) is -5.55. The van der Waals surface area contributed by atoms with Crippen LogP contribution in [0.1, 0.15) is 13.3 Å². The van der Waals surface area contributed by atoms with Crippen molar-refractivity contribution in [1.29, 1.82) is 0 Å². The number of carbonyl (C=O) groups is 1. The lowest BCUT2D eigenvalue weighted by Crippen LogP contribution is -2.24. The van der Waals surface area contributed by atoms with Crippen molar-refractivity contribution >= 4 is 21.9 Å². The zero-order chi connectivity index (χ0) is 9.78. The molecule has 6 heteroatoms. The van der Waals surface area contributed by atoms with Crippen molar-refractivity contribution in [2.24, 2.45) is 0 Å². The molecule has 0 N–H and O–H groups in total. The summed E-state index contributed by atoms with van der Waals surface area (Å²) < 4.78 is 39.4. The summed E-state index contributed by atoms with van der Waals surface area (Å²) in [4.78, 5) is 9.36. The molecule has 0 spiro atoms. The fraction of sp³-hybridized carbons (Fsp3) is 0.833. The van der Waals surface area contributed by atoms with E-state index < -0.39 is 23.4 Å². The van der Waals surface area contributed by atoms with E-state index in [1.54, 1.807) is 0 Å². The van der Waals surface area contributed by atoms with Crippen molar-refractivity contribution in [3.8, 4) is 0 Å². The number of esters is 1. The van der Waals surface area contributed by atoms with Crippen LogP contribution in [0, 0.1) is 0 Å². The predicted octanol–water partition coefficient (Wildman–Crippen LogP) is 2.27. The Balaban J connectivity index is 3.87. The first-order valence-electron chi connectivity index (χ1n) is 3.24. The molecule has 0 amide bonds. The maximum Gasteiger partial charge on any atom is 0.390 e. The van der Waals surface area contributed by atoms with Gasteiger partial charge in [0.05, 0.1) is 13.0 Å². The average molecular weight is 249 g/mol. The van der Waals surface area contributed by atoms with E-state index in [1.807, 2.05) is 0 Å². The van der Waals surface area contributed by atoms with Gasteiger partial charge in [-0.3, -0.25) is 4.79 Å². The first-order chi connectivity index (χ1) is 5.37. The fourth-order valence-corrected chi connectivity index (χ4v) is 1.02. The minimum Gasteiger partial charge on any atom is -0.465 e. The molecule has 0 saturated heterocycles. The van der Waals surface area contributed by atoms with E-state index in [4.69, 9.17) is 0 Å². The molecule has 0 heterocycles. The van der Waals surface area contributed by atoms with Crippen LogP contribution >= 0.6 is 15.9 Å². The molecule has 72 valence electrons. The minimum atomic E-state index is -4.35. The molecule has 0 aromatic heterocycles. The van der Waals surface area contributed by atoms with Crippen molar-refractivity contribution in [3.63, 3.8) is 0 Å². The van der Waals surface area contributed by atoms with Crippen LogP contribution in [0.15, 0.2) is 0 Å². The number of alkyl halides is 4. The van der Waals surface area contributed by atoms with Gasteiger partial charge < -0.3 is 4.74 Å². The highest BCUT2D eigenvalue weighted by Gasteiger charge is 2.34. The summed E-state index contributed by atoms with van der Waals surface area (Å²) in [5.74, 6) is -0.880. The monoisotopic (exact) mass is 248 g/mol. The van der Waals surface area contributed by atoms with Gasteiger partial charge in [0, 0.05) is 0 Å². The van der Waals surface area contributed by atoms with Gasteiger partial charge in [-0.1, -0.05) is 15.9 Å². The molecule has 0 radical (unpaired) electrons. The van der Waals surface area contributed by atoms with Gasteiger partial charge in [-0.2, -0.15) is 13.2 Å². The van der Waals surface area contributed by atoms with Crippen molar-refractivity contribution in [1.82, 2.24) is 0 Å². The molecule has 0 saturated carbocycles. The first kappa shape index (κ1) is 11.7. The molecule has 0 aliphatic rings. The van der Waals surface area contributed by atoms with Crippen molar-refractivity contribution < 1.29 is 22.7 Å². The molecule has 0 rings (SSSR count). The van der Waals surface area contributed by atoms with Gasteiger partial charge in [-0.25, -0.2) is 0 Å². The van der Waals surface area contributed by atoms with Gasteiger partial charge in [0.15, 0.2) is 0 Å². The van der Waals surface area contributed by atoms with Crippen LogP contribution in [0.4, 0.5) is 13.2 Å². The quantitative estimate of drug-likeness (QED) is 0.566. The summed E-state index contributed by atoms with van der Waals surface area (Å²) in [7, 11) is 0. The fourth-order valence-electron chi connectivity index (χ4n) is 0.519. The highest BCUT2D eigenvalue weighted by molar-refractivity contribution is 9.10. The van der Waals surface area contributed by atoms with E-state index in [0.717, 1.165) is 0 Å². The maximum absolute atomic E-state index is 11.7. The largest absolute Gasteiger partial charge is 0.465 e. The van der Waals surface area contributed by atoms with Gasteiger partial charge in [0.2, 0.25) is 0 Å². The van der Waals surface area contributed by atoms with Crippen LogP contribution in [0.25, 0.3) is 0 Å². The molecule has 0 aliphatic carbocycles. The zero-order valence-corrected chi connectivity index (χ0v) is 7.91. The third kappa shape index (κ3) is 5.40. The molecule has 0 aromatic rings. The van der Waals surface area contributed by atoms with Crippen LogP contribution in [-0.2, 0) is 9.53 Å². The summed E-state index contributed by atoms with van der Waals surface area (Å²) in [5.41, 5.74) is 0. The van der Waals surface area contributed by atoms with E-state index in [9.17, 15) is 18.0 Å². The third-order valence-corrected chi connectivity index (χ3v) is 1.65. The number of rotatable bonds is 3. The van der Waals surface area contributed by atoms with Gasteiger partial charge in [-0.15, -0.1) is 0 Å². The normalized spacial score (nSPS) is 14.1. The Labute approximate surface area is 76.2 Å². The van der Waals surface area contributed by atoms with E-state index in [0.29, 0.717) is 0 Å². The Morgan fingerprint density at radius 3 is 2.42 bits per heavy atom. The van der Waals surface area contributed by atoms with Crippen LogP contribution in [0.5, 0.6) is 0 Å². The van der Waals surface area contributed by atoms with Crippen LogP contribution in [-0.4, -0.2) is 23.6 Å². The summed E-state index contributed by atoms with van der Waals surface area (Å²) >= 11 is 2.59. The molecule has 0 aliphatic heterocycles. The molecule has 0 bridgehead atoms. The van der Waals surface area contributed by atoms with Crippen LogP contribution in [0.2, 0.25) is 0 Å². The second-order valence-electron chi connectivity index (χ2n) is 2.04. The summed E-state index contributed by atoms with van der Waals surface area (Å²) in [5, 5.41) is 0. The van der Waals surface area contributed by atoms with Gasteiger partial charge in [0.25, 0.3) is 0 Å². The van der Waals surface area contributed by atoms with E-state index in [2.05, 4.69) is 20.7 Å². The first-order valence-corrected chi connectivity index (χ1v) is 4.16. The lowest BCUT2D eigenvalue weighted by molar-refractivity contribution is -0.155. The SMILES string of the molecule is CCOC(=O)[C@H](Br)CC(F)(F)F. The van der Waals surface area contributed by atoms with E-state index in [-0.39, 0.29) is 6.61 Å². The maximum atomic E-state index is 11.7. The Morgan fingerprint density at radius 1 is 1.58 bits per heavy atom. The van der Waals surface area contributed by atoms with Crippen LogP contribution < -0.4 is 0 Å². The molecule has 0 fully saturated rings. The number of hydrogen-bond donors (Lipinski definition) is 0. The van der Waals surface area contributed by atoms with E-state index in [1.165, 1.54) is 6.92 Å². The predicted molar refractivity (Wildman–Crippen MR) is 40.0 cm³/mol. The minimum absolute atomic E-state index is 0.0821. The van der Waals surface area contributed by atoms with E-state index >= 15 is 0 Å². The smallest absolute Gasteiger partial charge is 0.390 e. The van der Waals surface area contributed by atoms with Crippen molar-refractivity contribution in [2.45, 2.75) is 24.3 Å². The Hall–Kier alpha value is -0.260. The van der Waals surface area contributed by atoms with Crippen molar-refractivity contribution in [2.75, 3.05) is 6.61 Å². The topological polar surface area (TPSA) is 26.3 Å². The second-order valence-corrected chi connectivity index (χ2v) is 3.14. The van der Waals surface area contributed by atoms with Gasteiger partial charge in [-0.05, 0) is 6.92 Å². The Bertz CT molecular complexity index is 157. The average Bonchev–Trinajstić information content (AvgIpc) is 1.84. The molecule has 0 aromatic carbocycles. The lowest BCUT2D eigenvalue weighted by Gasteiger charge is -2.10. The Kier molecular flexibility index (Phi) is 4.59. The summed E-state index contributed by atoms with van der Waals surface area (Å²) in [6.45, 7) is 1.62. The highest BCUT2D eigenvalue weighted by atomic mass is 79.9. The molecular formula is C6H8BrF3O2. The zero-order valence-electron chi connectivity index (χ0n) is 6.32. The van der Waals surface area contributed by atoms with Crippen molar-refractivity contribution in [3.05, 3.63) is 0 Å². The number of hydrogen-bond acceptors (Lipinski definition) is 2. The van der Waals surface area contributed by atoms with Gasteiger partial charge in [0.1, 0.15) is 4.83 Å². The number of halogens is 4. The summed E-state index contributed by atoms with van der Waals surface area (Å²) in [6, 6.07) is 0. The third-order valence-electron chi connectivity index (χ3n) is 0.953. The lowest BCUT2D eigenvalue weighted by atomic mass is 10.3. The number of ether oxygens (including phenoxy) is 1. The molecule has 2 nitrogen and oxygen atoms in total. The molecule has 0 unspecified atom stereocenters. The van der Waals surface area contributed by atoms with Gasteiger partial charge >= 0.3 is 12.1 Å². The molecular weight excluding hydrogens is 241 g/mol. The molecule has 1 atom stereocenters. The Morgan fingerprint density at radius 2 is 2.08 bits per heavy atom. The highest BCUT2D eigenvalue weighted by Crippen LogP contribution is 2.25. The molecule has 12 heavy (non-hydrogen) atoms.